The van der Waals surface area contributed by atoms with Crippen LogP contribution in [0.5, 0.6) is 0 Å². The Morgan fingerprint density at radius 1 is 1.05 bits per heavy atom. The lowest BCUT2D eigenvalue weighted by atomic mass is 9.95. The second-order valence-electron chi connectivity index (χ2n) is 10.7. The summed E-state index contributed by atoms with van der Waals surface area (Å²) in [7, 11) is 0. The number of likely N-dealkylation sites (N-methyl/N-ethyl adjacent to an activating group) is 1. The molecule has 0 atom stereocenters. The molecule has 1 aliphatic carbocycles. The largest absolute Gasteiger partial charge is 0.420 e. The third-order valence-electron chi connectivity index (χ3n) is 8.36. The van der Waals surface area contributed by atoms with Gasteiger partial charge >= 0.3 is 6.18 Å². The minimum absolute atomic E-state index is 0.104. The quantitative estimate of drug-likeness (QED) is 0.439. The Morgan fingerprint density at radius 2 is 1.77 bits per heavy atom. The molecule has 2 saturated heterocycles. The molecule has 3 aliphatic rings. The Bertz CT molecular complexity index is 1410. The molecule has 0 saturated carbocycles. The fraction of sp³-hybridized carbons (Fsp3) is 0.536. The van der Waals surface area contributed by atoms with E-state index in [9.17, 15) is 22.0 Å². The van der Waals surface area contributed by atoms with Gasteiger partial charge < -0.3 is 15.1 Å². The van der Waals surface area contributed by atoms with Gasteiger partial charge in [-0.3, -0.25) is 9.88 Å². The highest BCUT2D eigenvalue weighted by Crippen LogP contribution is 2.49. The number of anilines is 2. The molecular formula is C28H32F5N7. The van der Waals surface area contributed by atoms with Gasteiger partial charge in [-0.2, -0.15) is 18.2 Å². The smallest absolute Gasteiger partial charge is 0.353 e. The van der Waals surface area contributed by atoms with Crippen LogP contribution in [0.3, 0.4) is 0 Å². The van der Waals surface area contributed by atoms with Gasteiger partial charge in [0.05, 0.1) is 16.6 Å². The zero-order valence-corrected chi connectivity index (χ0v) is 22.5. The lowest BCUT2D eigenvalue weighted by Crippen LogP contribution is -2.60. The number of benzene rings is 1. The van der Waals surface area contributed by atoms with Gasteiger partial charge in [-0.15, -0.1) is 0 Å². The van der Waals surface area contributed by atoms with E-state index in [0.717, 1.165) is 13.1 Å². The van der Waals surface area contributed by atoms with Crippen LogP contribution in [0.2, 0.25) is 0 Å². The Kier molecular flexibility index (Phi) is 6.81. The monoisotopic (exact) mass is 561 g/mol. The second-order valence-corrected chi connectivity index (χ2v) is 10.7. The van der Waals surface area contributed by atoms with Gasteiger partial charge in [0.15, 0.2) is 0 Å². The minimum atomic E-state index is -4.89. The van der Waals surface area contributed by atoms with Crippen molar-refractivity contribution in [3.63, 3.8) is 0 Å². The zero-order chi connectivity index (χ0) is 28.2. The Morgan fingerprint density at radius 3 is 2.45 bits per heavy atom. The van der Waals surface area contributed by atoms with Crippen molar-refractivity contribution in [1.82, 2.24) is 25.2 Å². The molecule has 214 valence electrons. The molecule has 1 aromatic carbocycles. The van der Waals surface area contributed by atoms with E-state index in [2.05, 4.69) is 34.0 Å². The summed E-state index contributed by atoms with van der Waals surface area (Å²) in [6, 6.07) is 4.64. The number of halogens is 5. The predicted molar refractivity (Wildman–Crippen MR) is 144 cm³/mol. The van der Waals surface area contributed by atoms with Crippen molar-refractivity contribution >= 4 is 22.7 Å². The fourth-order valence-corrected chi connectivity index (χ4v) is 6.24. The Balaban J connectivity index is 1.55. The fourth-order valence-electron chi connectivity index (χ4n) is 6.24. The SMILES string of the molecule is CCN(CC)C1CN(c2nc(N3CCNCC3)c3cnc(-c4cccc5c4C(F)(F)CC5)c(C(F)(F)F)c3n2)C1. The normalized spacial score (nSPS) is 19.4. The number of aromatic nitrogens is 3. The molecule has 2 aliphatic heterocycles. The molecule has 12 heteroatoms. The first-order chi connectivity index (χ1) is 19.1. The van der Waals surface area contributed by atoms with Crippen molar-refractivity contribution in [3.05, 3.63) is 41.1 Å². The average molecular weight is 562 g/mol. The molecule has 7 nitrogen and oxygen atoms in total. The summed E-state index contributed by atoms with van der Waals surface area (Å²) in [5, 5.41) is 3.42. The number of rotatable bonds is 6. The van der Waals surface area contributed by atoms with E-state index in [1.54, 1.807) is 6.07 Å². The maximum atomic E-state index is 15.0. The van der Waals surface area contributed by atoms with Crippen molar-refractivity contribution in [2.24, 2.45) is 0 Å². The van der Waals surface area contributed by atoms with Crippen molar-refractivity contribution < 1.29 is 22.0 Å². The van der Waals surface area contributed by atoms with Gasteiger partial charge in [-0.25, -0.2) is 13.8 Å². The summed E-state index contributed by atoms with van der Waals surface area (Å²) in [5.74, 6) is -2.62. The van der Waals surface area contributed by atoms with Gasteiger partial charge in [0.25, 0.3) is 5.92 Å². The topological polar surface area (TPSA) is 60.4 Å². The van der Waals surface area contributed by atoms with E-state index in [-0.39, 0.29) is 40.4 Å². The van der Waals surface area contributed by atoms with Crippen LogP contribution in [0.4, 0.5) is 33.7 Å². The van der Waals surface area contributed by atoms with Crippen LogP contribution in [0.15, 0.2) is 24.4 Å². The molecule has 1 N–H and O–H groups in total. The number of nitrogens with one attached hydrogen (secondary N) is 1. The van der Waals surface area contributed by atoms with E-state index in [4.69, 9.17) is 4.98 Å². The molecule has 40 heavy (non-hydrogen) atoms. The minimum Gasteiger partial charge on any atom is -0.353 e. The standard InChI is InChI=1S/C28H32F5N7/c1-3-38(4-2)18-15-40(16-18)26-36-24-20(25(37-26)39-12-10-34-11-13-39)14-35-23(22(24)28(31,32)33)19-7-5-6-17-8-9-27(29,30)21(17)19/h5-7,14,18,34H,3-4,8-13,15-16H2,1-2H3. The molecule has 2 aromatic heterocycles. The number of alkyl halides is 5. The van der Waals surface area contributed by atoms with Gasteiger partial charge in [0.2, 0.25) is 5.95 Å². The van der Waals surface area contributed by atoms with Gasteiger partial charge in [-0.05, 0) is 25.1 Å². The van der Waals surface area contributed by atoms with Crippen LogP contribution in [0, 0.1) is 0 Å². The first-order valence-electron chi connectivity index (χ1n) is 13.9. The first kappa shape index (κ1) is 27.1. The number of nitrogens with zero attached hydrogens (tertiary/aromatic N) is 6. The third-order valence-corrected chi connectivity index (χ3v) is 8.36. The second kappa shape index (κ2) is 10.1. The van der Waals surface area contributed by atoms with Crippen LogP contribution in [-0.4, -0.2) is 78.3 Å². The maximum Gasteiger partial charge on any atom is 0.420 e. The Labute approximate surface area is 229 Å². The molecule has 6 rings (SSSR count). The maximum absolute atomic E-state index is 15.0. The molecule has 4 heterocycles. The summed E-state index contributed by atoms with van der Waals surface area (Å²) in [6.07, 6.45) is -3.89. The van der Waals surface area contributed by atoms with Crippen LogP contribution in [-0.2, 0) is 18.5 Å². The molecule has 0 radical (unpaired) electrons. The van der Waals surface area contributed by atoms with Crippen LogP contribution < -0.4 is 15.1 Å². The van der Waals surface area contributed by atoms with Gasteiger partial charge in [0, 0.05) is 69.1 Å². The number of pyridine rings is 1. The number of hydrogen-bond acceptors (Lipinski definition) is 7. The molecule has 0 unspecified atom stereocenters. The highest BCUT2D eigenvalue weighted by molar-refractivity contribution is 5.96. The third kappa shape index (κ3) is 4.54. The van der Waals surface area contributed by atoms with Gasteiger partial charge in [-0.1, -0.05) is 32.0 Å². The van der Waals surface area contributed by atoms with Crippen molar-refractivity contribution in [3.8, 4) is 11.3 Å². The molecule has 0 bridgehead atoms. The highest BCUT2D eigenvalue weighted by atomic mass is 19.4. The van der Waals surface area contributed by atoms with E-state index in [1.165, 1.54) is 18.3 Å². The number of aryl methyl sites for hydroxylation is 1. The molecule has 2 fully saturated rings. The molecule has 3 aromatic rings. The summed E-state index contributed by atoms with van der Waals surface area (Å²) in [4.78, 5) is 19.6. The predicted octanol–water partition coefficient (Wildman–Crippen LogP) is 4.69. The first-order valence-corrected chi connectivity index (χ1v) is 13.9. The number of hydrogen-bond donors (Lipinski definition) is 1. The Hall–Kier alpha value is -3.12. The van der Waals surface area contributed by atoms with E-state index in [1.807, 2.05) is 9.80 Å². The molecule has 0 spiro atoms. The number of piperazine rings is 1. The summed E-state index contributed by atoms with van der Waals surface area (Å²) in [6.45, 7) is 9.57. The molecular weight excluding hydrogens is 529 g/mol. The highest BCUT2D eigenvalue weighted by Gasteiger charge is 2.45. The van der Waals surface area contributed by atoms with E-state index >= 15 is 0 Å². The molecule has 0 amide bonds. The lowest BCUT2D eigenvalue weighted by molar-refractivity contribution is -0.136. The van der Waals surface area contributed by atoms with Crippen LogP contribution >= 0.6 is 0 Å². The van der Waals surface area contributed by atoms with Crippen molar-refractivity contribution in [2.45, 2.75) is 44.8 Å². The summed E-state index contributed by atoms with van der Waals surface area (Å²) >= 11 is 0. The average Bonchev–Trinajstić information content (AvgIpc) is 3.23. The van der Waals surface area contributed by atoms with Crippen molar-refractivity contribution in [2.75, 3.05) is 62.2 Å². The van der Waals surface area contributed by atoms with Crippen LogP contribution in [0.1, 0.15) is 37.0 Å². The van der Waals surface area contributed by atoms with Gasteiger partial charge in [0.1, 0.15) is 11.4 Å². The number of fused-ring (bicyclic) bond motifs is 2. The van der Waals surface area contributed by atoms with Crippen LogP contribution in [0.25, 0.3) is 22.2 Å². The zero-order valence-electron chi connectivity index (χ0n) is 22.5. The van der Waals surface area contributed by atoms with E-state index in [0.29, 0.717) is 50.6 Å². The summed E-state index contributed by atoms with van der Waals surface area (Å²) in [5.41, 5.74) is -2.12. The lowest BCUT2D eigenvalue weighted by Gasteiger charge is -2.45. The summed E-state index contributed by atoms with van der Waals surface area (Å²) < 4.78 is 74.7. The van der Waals surface area contributed by atoms with Crippen molar-refractivity contribution in [1.29, 1.82) is 0 Å². The van der Waals surface area contributed by atoms with E-state index < -0.39 is 29.8 Å².